The third-order valence-electron chi connectivity index (χ3n) is 4.85. The smallest absolute Gasteiger partial charge is 0.244 e. The molecule has 0 saturated carbocycles. The number of hydrogen-bond acceptors (Lipinski definition) is 5. The maximum atomic E-state index is 13.3. The van der Waals surface area contributed by atoms with Crippen molar-refractivity contribution in [1.82, 2.24) is 10.2 Å². The Morgan fingerprint density at radius 3 is 2.24 bits per heavy atom. The molecule has 0 spiro atoms. The van der Waals surface area contributed by atoms with E-state index in [-0.39, 0.29) is 17.3 Å². The van der Waals surface area contributed by atoms with Crippen molar-refractivity contribution >= 4 is 62.3 Å². The number of carbonyl (C=O) groups is 2. The van der Waals surface area contributed by atoms with E-state index in [0.29, 0.717) is 21.4 Å². The summed E-state index contributed by atoms with van der Waals surface area (Å²) in [7, 11) is -0.995. The predicted octanol–water partition coefficient (Wildman–Crippen LogP) is 3.58. The van der Waals surface area contributed by atoms with Crippen molar-refractivity contribution in [2.24, 2.45) is 0 Å². The minimum Gasteiger partial charge on any atom is -0.495 e. The molecule has 1 N–H and O–H groups in total. The Labute approximate surface area is 208 Å². The number of benzene rings is 2. The van der Waals surface area contributed by atoms with Crippen LogP contribution in [0.4, 0.5) is 5.69 Å². The molecule has 1 unspecified atom stereocenters. The van der Waals surface area contributed by atoms with E-state index in [1.807, 2.05) is 0 Å². The number of anilines is 1. The third kappa shape index (κ3) is 6.89. The fraction of sp³-hybridized carbons (Fsp3) is 0.333. The van der Waals surface area contributed by atoms with Gasteiger partial charge in [-0.3, -0.25) is 13.9 Å². The molecule has 2 aromatic rings. The van der Waals surface area contributed by atoms with Crippen LogP contribution in [-0.2, 0) is 26.2 Å². The predicted molar refractivity (Wildman–Crippen MR) is 131 cm³/mol. The normalized spacial score (nSPS) is 12.1. The van der Waals surface area contributed by atoms with Crippen LogP contribution in [-0.4, -0.2) is 58.1 Å². The second-order valence-electron chi connectivity index (χ2n) is 7.15. The van der Waals surface area contributed by atoms with E-state index < -0.39 is 34.4 Å². The summed E-state index contributed by atoms with van der Waals surface area (Å²) < 4.78 is 31.1. The molecular weight excluding hydrogens is 513 g/mol. The number of sulfonamides is 1. The lowest BCUT2D eigenvalue weighted by molar-refractivity contribution is -0.139. The SMILES string of the molecule is CNC(=O)C(C)N(Cc1ccc(Cl)c(Cl)c1)C(=O)CN(c1ccc(OC)c(Cl)c1)S(C)(=O)=O. The summed E-state index contributed by atoms with van der Waals surface area (Å²) in [6.07, 6.45) is 0.976. The fourth-order valence-electron chi connectivity index (χ4n) is 3.05. The third-order valence-corrected chi connectivity index (χ3v) is 7.03. The number of likely N-dealkylation sites (N-methyl/N-ethyl adjacent to an activating group) is 1. The van der Waals surface area contributed by atoms with Crippen LogP contribution < -0.4 is 14.4 Å². The first kappa shape index (κ1) is 27.0. The van der Waals surface area contributed by atoms with Gasteiger partial charge >= 0.3 is 0 Å². The standard InChI is InChI=1S/C21H24Cl3N3O5S/c1-13(21(29)25-2)26(11-14-5-7-16(22)17(23)9-14)20(28)12-27(33(4,30)31)15-6-8-19(32-3)18(24)10-15/h5-10,13H,11-12H2,1-4H3,(H,25,29). The van der Waals surface area contributed by atoms with Crippen LogP contribution in [0.2, 0.25) is 15.1 Å². The number of nitrogens with one attached hydrogen (secondary N) is 1. The molecule has 0 fully saturated rings. The van der Waals surface area contributed by atoms with Gasteiger partial charge in [-0.05, 0) is 42.8 Å². The molecule has 0 aromatic heterocycles. The molecule has 2 aromatic carbocycles. The number of rotatable bonds is 9. The Morgan fingerprint density at radius 2 is 1.73 bits per heavy atom. The first-order chi connectivity index (χ1) is 15.4. The summed E-state index contributed by atoms with van der Waals surface area (Å²) >= 11 is 18.2. The number of amides is 2. The number of halogens is 3. The maximum absolute atomic E-state index is 13.3. The average Bonchev–Trinajstić information content (AvgIpc) is 2.76. The Kier molecular flexibility index (Phi) is 9.25. The summed E-state index contributed by atoms with van der Waals surface area (Å²) in [4.78, 5) is 26.9. The van der Waals surface area contributed by atoms with Crippen LogP contribution in [0.3, 0.4) is 0 Å². The number of carbonyl (C=O) groups excluding carboxylic acids is 2. The number of ether oxygens (including phenoxy) is 1. The molecule has 0 aliphatic heterocycles. The Hall–Kier alpha value is -2.20. The summed E-state index contributed by atoms with van der Waals surface area (Å²) in [5.74, 6) is -0.661. The number of nitrogens with zero attached hydrogens (tertiary/aromatic N) is 2. The van der Waals surface area contributed by atoms with E-state index in [1.54, 1.807) is 25.1 Å². The van der Waals surface area contributed by atoms with E-state index in [4.69, 9.17) is 39.5 Å². The molecule has 0 aliphatic carbocycles. The highest BCUT2D eigenvalue weighted by Crippen LogP contribution is 2.30. The molecule has 0 heterocycles. The molecule has 12 heteroatoms. The van der Waals surface area contributed by atoms with Gasteiger partial charge in [-0.25, -0.2) is 8.42 Å². The largest absolute Gasteiger partial charge is 0.495 e. The van der Waals surface area contributed by atoms with Gasteiger partial charge in [0.2, 0.25) is 21.8 Å². The number of methoxy groups -OCH3 is 1. The first-order valence-electron chi connectivity index (χ1n) is 9.65. The molecule has 0 bridgehead atoms. The highest BCUT2D eigenvalue weighted by atomic mass is 35.5. The van der Waals surface area contributed by atoms with Gasteiger partial charge in [-0.1, -0.05) is 40.9 Å². The van der Waals surface area contributed by atoms with Gasteiger partial charge in [-0.2, -0.15) is 0 Å². The van der Waals surface area contributed by atoms with Gasteiger partial charge < -0.3 is 15.0 Å². The highest BCUT2D eigenvalue weighted by Gasteiger charge is 2.30. The van der Waals surface area contributed by atoms with Crippen LogP contribution in [0.15, 0.2) is 36.4 Å². The Bertz CT molecular complexity index is 1140. The highest BCUT2D eigenvalue weighted by molar-refractivity contribution is 7.92. The van der Waals surface area contributed by atoms with E-state index in [2.05, 4.69) is 5.32 Å². The first-order valence-corrected chi connectivity index (χ1v) is 12.6. The molecule has 8 nitrogen and oxygen atoms in total. The zero-order valence-electron chi connectivity index (χ0n) is 18.4. The molecular formula is C21H24Cl3N3O5S. The molecule has 1 atom stereocenters. The summed E-state index contributed by atoms with van der Waals surface area (Å²) in [5.41, 5.74) is 0.797. The quantitative estimate of drug-likeness (QED) is 0.528. The lowest BCUT2D eigenvalue weighted by atomic mass is 10.1. The number of hydrogen-bond donors (Lipinski definition) is 1. The zero-order chi connectivity index (χ0) is 24.9. The lowest BCUT2D eigenvalue weighted by Gasteiger charge is -2.31. The van der Waals surface area contributed by atoms with E-state index >= 15 is 0 Å². The lowest BCUT2D eigenvalue weighted by Crippen LogP contribution is -2.50. The fourth-order valence-corrected chi connectivity index (χ4v) is 4.46. The van der Waals surface area contributed by atoms with Crippen molar-refractivity contribution in [2.45, 2.75) is 19.5 Å². The van der Waals surface area contributed by atoms with Crippen molar-refractivity contribution in [2.75, 3.05) is 31.3 Å². The molecule has 2 rings (SSSR count). The molecule has 0 radical (unpaired) electrons. The van der Waals surface area contributed by atoms with E-state index in [9.17, 15) is 18.0 Å². The average molecular weight is 537 g/mol. The summed E-state index contributed by atoms with van der Waals surface area (Å²) in [6.45, 7) is 0.999. The summed E-state index contributed by atoms with van der Waals surface area (Å²) in [5, 5.41) is 3.32. The van der Waals surface area contributed by atoms with Gasteiger partial charge in [0.1, 0.15) is 18.3 Å². The van der Waals surface area contributed by atoms with Gasteiger partial charge in [0.25, 0.3) is 0 Å². The van der Waals surface area contributed by atoms with Crippen LogP contribution in [0.1, 0.15) is 12.5 Å². The minimum atomic E-state index is -3.87. The van der Waals surface area contributed by atoms with Gasteiger partial charge in [0.15, 0.2) is 0 Å². The second kappa shape index (κ2) is 11.3. The molecule has 33 heavy (non-hydrogen) atoms. The van der Waals surface area contributed by atoms with E-state index in [0.717, 1.165) is 10.6 Å². The zero-order valence-corrected chi connectivity index (χ0v) is 21.5. The second-order valence-corrected chi connectivity index (χ2v) is 10.3. The van der Waals surface area contributed by atoms with Gasteiger partial charge in [0.05, 0.1) is 34.1 Å². The van der Waals surface area contributed by atoms with Crippen molar-refractivity contribution in [3.05, 3.63) is 57.0 Å². The van der Waals surface area contributed by atoms with E-state index in [1.165, 1.54) is 37.3 Å². The van der Waals surface area contributed by atoms with Crippen LogP contribution in [0, 0.1) is 0 Å². The molecule has 2 amide bonds. The van der Waals surface area contributed by atoms with Crippen LogP contribution in [0.5, 0.6) is 5.75 Å². The van der Waals surface area contributed by atoms with Crippen LogP contribution >= 0.6 is 34.8 Å². The van der Waals surface area contributed by atoms with Crippen molar-refractivity contribution in [3.8, 4) is 5.75 Å². The Balaban J connectivity index is 2.42. The maximum Gasteiger partial charge on any atom is 0.244 e. The molecule has 0 aliphatic rings. The van der Waals surface area contributed by atoms with Gasteiger partial charge in [-0.15, -0.1) is 0 Å². The molecule has 0 saturated heterocycles. The van der Waals surface area contributed by atoms with Crippen molar-refractivity contribution in [1.29, 1.82) is 0 Å². The minimum absolute atomic E-state index is 0.00524. The Morgan fingerprint density at radius 1 is 1.06 bits per heavy atom. The monoisotopic (exact) mass is 535 g/mol. The van der Waals surface area contributed by atoms with Gasteiger partial charge in [0, 0.05) is 13.6 Å². The topological polar surface area (TPSA) is 96.0 Å². The van der Waals surface area contributed by atoms with Crippen molar-refractivity contribution < 1.29 is 22.7 Å². The summed E-state index contributed by atoms with van der Waals surface area (Å²) in [6, 6.07) is 8.30. The molecule has 180 valence electrons. The van der Waals surface area contributed by atoms with Crippen molar-refractivity contribution in [3.63, 3.8) is 0 Å². The van der Waals surface area contributed by atoms with Crippen LogP contribution in [0.25, 0.3) is 0 Å².